The molecule has 1 atom stereocenters. The van der Waals surface area contributed by atoms with Crippen LogP contribution >= 0.6 is 0 Å². The van der Waals surface area contributed by atoms with Gasteiger partial charge >= 0.3 is 0 Å². The Morgan fingerprint density at radius 3 is 2.62 bits per heavy atom. The summed E-state index contributed by atoms with van der Waals surface area (Å²) in [6.07, 6.45) is 5.99. The Morgan fingerprint density at radius 2 is 1.92 bits per heavy atom. The highest BCUT2D eigenvalue weighted by Crippen LogP contribution is 2.41. The molecule has 0 bridgehead atoms. The second-order valence-corrected chi connectivity index (χ2v) is 8.00. The van der Waals surface area contributed by atoms with Gasteiger partial charge in [-0.2, -0.15) is 0 Å². The molecule has 5 nitrogen and oxygen atoms in total. The van der Waals surface area contributed by atoms with Crippen molar-refractivity contribution in [2.45, 2.75) is 45.2 Å². The predicted molar refractivity (Wildman–Crippen MR) is 109 cm³/mol. The third kappa shape index (κ3) is 2.89. The van der Waals surface area contributed by atoms with Gasteiger partial charge in [0.05, 0.1) is 29.3 Å². The highest BCUT2D eigenvalue weighted by molar-refractivity contribution is 5.78. The first-order valence-corrected chi connectivity index (χ1v) is 9.99. The molecule has 0 aliphatic carbocycles. The smallest absolute Gasteiger partial charge is 0.153 e. The lowest BCUT2D eigenvalue weighted by molar-refractivity contribution is 0.187. The molecule has 26 heavy (non-hydrogen) atoms. The number of piperidine rings is 1. The van der Waals surface area contributed by atoms with Gasteiger partial charge in [-0.15, -0.1) is 5.73 Å². The van der Waals surface area contributed by atoms with Crippen LogP contribution in [-0.2, 0) is 0 Å². The van der Waals surface area contributed by atoms with E-state index < -0.39 is 0 Å². The van der Waals surface area contributed by atoms with E-state index in [1.54, 1.807) is 0 Å². The molecular weight excluding hydrogens is 322 g/mol. The molecule has 1 unspecified atom stereocenters. The normalized spacial score (nSPS) is 23.8. The van der Waals surface area contributed by atoms with Crippen molar-refractivity contribution < 1.29 is 0 Å². The van der Waals surface area contributed by atoms with Crippen LogP contribution in [0.15, 0.2) is 30.3 Å². The van der Waals surface area contributed by atoms with Crippen molar-refractivity contribution in [3.05, 3.63) is 30.3 Å². The maximum atomic E-state index is 4.93. The number of nitrogens with zero attached hydrogens (tertiary/aromatic N) is 5. The van der Waals surface area contributed by atoms with Crippen molar-refractivity contribution in [3.63, 3.8) is 0 Å². The summed E-state index contributed by atoms with van der Waals surface area (Å²) in [4.78, 5) is 14.7. The minimum atomic E-state index is 0.287. The molecule has 0 aromatic carbocycles. The minimum absolute atomic E-state index is 0.287. The Bertz CT molecular complexity index is 715. The number of rotatable bonds is 2. The summed E-state index contributed by atoms with van der Waals surface area (Å²) in [5, 5.41) is 0. The van der Waals surface area contributed by atoms with E-state index in [-0.39, 0.29) is 6.04 Å². The number of pyridine rings is 1. The summed E-state index contributed by atoms with van der Waals surface area (Å²) in [6, 6.07) is 3.16. The highest BCUT2D eigenvalue weighted by atomic mass is 15.4. The second-order valence-electron chi connectivity index (χ2n) is 8.00. The Labute approximate surface area is 157 Å². The lowest BCUT2D eigenvalue weighted by atomic mass is 10.0. The standard InChI is InChI=1S/C21H31N5/c1-5-18-20-15-25(16(2)3)11-12-26(20)21-19(23(18)4)13-17(14-22-21)24-9-7-6-8-10-24/h13-14,16,20H,1,6-12,15H2,2-4H3. The second kappa shape index (κ2) is 6.98. The summed E-state index contributed by atoms with van der Waals surface area (Å²) in [7, 11) is 2.14. The summed E-state index contributed by atoms with van der Waals surface area (Å²) < 4.78 is 0. The van der Waals surface area contributed by atoms with Crippen LogP contribution in [0.1, 0.15) is 33.1 Å². The molecule has 1 aromatic rings. The van der Waals surface area contributed by atoms with Gasteiger partial charge in [0.2, 0.25) is 0 Å². The molecule has 3 aliphatic heterocycles. The van der Waals surface area contributed by atoms with E-state index in [0.29, 0.717) is 6.04 Å². The molecule has 0 saturated carbocycles. The zero-order chi connectivity index (χ0) is 18.3. The van der Waals surface area contributed by atoms with Gasteiger partial charge in [-0.25, -0.2) is 4.98 Å². The highest BCUT2D eigenvalue weighted by Gasteiger charge is 2.39. The van der Waals surface area contributed by atoms with E-state index in [0.717, 1.165) is 38.5 Å². The number of aromatic nitrogens is 1. The van der Waals surface area contributed by atoms with Gasteiger partial charge in [0.25, 0.3) is 0 Å². The van der Waals surface area contributed by atoms with Crippen molar-refractivity contribution in [1.29, 1.82) is 0 Å². The molecule has 2 saturated heterocycles. The number of likely N-dealkylation sites (N-methyl/N-ethyl adjacent to an activating group) is 1. The van der Waals surface area contributed by atoms with E-state index >= 15 is 0 Å². The fourth-order valence-corrected chi connectivity index (χ4v) is 4.58. The van der Waals surface area contributed by atoms with Gasteiger partial charge in [0.1, 0.15) is 0 Å². The molecule has 140 valence electrons. The minimum Gasteiger partial charge on any atom is -0.370 e. The number of fused-ring (bicyclic) bond motifs is 3. The molecule has 0 N–H and O–H groups in total. The van der Waals surface area contributed by atoms with Crippen LogP contribution in [0.4, 0.5) is 17.2 Å². The fourth-order valence-electron chi connectivity index (χ4n) is 4.58. The summed E-state index contributed by atoms with van der Waals surface area (Å²) in [5.74, 6) is 1.11. The average Bonchev–Trinajstić information content (AvgIpc) is 2.68. The first-order valence-electron chi connectivity index (χ1n) is 9.99. The molecule has 0 spiro atoms. The van der Waals surface area contributed by atoms with Crippen molar-refractivity contribution in [2.24, 2.45) is 0 Å². The third-order valence-corrected chi connectivity index (χ3v) is 6.19. The van der Waals surface area contributed by atoms with Gasteiger partial charge in [-0.1, -0.05) is 6.58 Å². The van der Waals surface area contributed by atoms with E-state index in [4.69, 9.17) is 4.98 Å². The van der Waals surface area contributed by atoms with Gasteiger partial charge in [0.15, 0.2) is 5.82 Å². The van der Waals surface area contributed by atoms with Crippen LogP contribution in [0.5, 0.6) is 0 Å². The van der Waals surface area contributed by atoms with E-state index in [2.05, 4.69) is 65.1 Å². The largest absolute Gasteiger partial charge is 0.370 e. The molecule has 0 radical (unpaired) electrons. The number of anilines is 3. The predicted octanol–water partition coefficient (Wildman–Crippen LogP) is 3.09. The summed E-state index contributed by atoms with van der Waals surface area (Å²) in [5.41, 5.74) is 6.84. The summed E-state index contributed by atoms with van der Waals surface area (Å²) >= 11 is 0. The Morgan fingerprint density at radius 1 is 1.15 bits per heavy atom. The zero-order valence-electron chi connectivity index (χ0n) is 16.4. The molecule has 1 aromatic heterocycles. The van der Waals surface area contributed by atoms with E-state index in [1.165, 1.54) is 36.3 Å². The number of hydrogen-bond donors (Lipinski definition) is 0. The van der Waals surface area contributed by atoms with Gasteiger partial charge < -0.3 is 14.7 Å². The van der Waals surface area contributed by atoms with Crippen LogP contribution in [0.3, 0.4) is 0 Å². The monoisotopic (exact) mass is 353 g/mol. The van der Waals surface area contributed by atoms with Crippen molar-refractivity contribution in [2.75, 3.05) is 54.5 Å². The summed E-state index contributed by atoms with van der Waals surface area (Å²) in [6.45, 7) is 13.9. The molecule has 2 fully saturated rings. The topological polar surface area (TPSA) is 25.9 Å². The fraction of sp³-hybridized carbons (Fsp3) is 0.619. The average molecular weight is 354 g/mol. The lowest BCUT2D eigenvalue weighted by Gasteiger charge is -2.49. The van der Waals surface area contributed by atoms with Gasteiger partial charge in [-0.3, -0.25) is 4.90 Å². The molecular formula is C21H31N5. The zero-order valence-corrected chi connectivity index (χ0v) is 16.4. The van der Waals surface area contributed by atoms with Crippen LogP contribution < -0.4 is 14.7 Å². The molecule has 4 rings (SSSR count). The van der Waals surface area contributed by atoms with Crippen LogP contribution in [0.25, 0.3) is 0 Å². The van der Waals surface area contributed by atoms with Crippen LogP contribution in [0.2, 0.25) is 0 Å². The molecule has 4 heterocycles. The first-order chi connectivity index (χ1) is 12.6. The lowest BCUT2D eigenvalue weighted by Crippen LogP contribution is -2.59. The molecule has 5 heteroatoms. The Kier molecular flexibility index (Phi) is 4.68. The van der Waals surface area contributed by atoms with Crippen molar-refractivity contribution in [3.8, 4) is 0 Å². The van der Waals surface area contributed by atoms with E-state index in [9.17, 15) is 0 Å². The van der Waals surface area contributed by atoms with Crippen LogP contribution in [-0.4, -0.2) is 61.7 Å². The number of piperazine rings is 1. The Hall–Kier alpha value is -1.97. The first kappa shape index (κ1) is 17.4. The van der Waals surface area contributed by atoms with Crippen LogP contribution in [0, 0.1) is 0 Å². The Balaban J connectivity index is 1.69. The third-order valence-electron chi connectivity index (χ3n) is 6.19. The van der Waals surface area contributed by atoms with Gasteiger partial charge in [-0.05, 0) is 39.2 Å². The SMILES string of the molecule is C=C=C1C2CN(C(C)C)CCN2c2ncc(N3CCCCC3)cc2N1C. The quantitative estimate of drug-likeness (QED) is 0.761. The van der Waals surface area contributed by atoms with E-state index in [1.807, 2.05) is 0 Å². The maximum absolute atomic E-state index is 4.93. The van der Waals surface area contributed by atoms with Crippen molar-refractivity contribution in [1.82, 2.24) is 9.88 Å². The van der Waals surface area contributed by atoms with Crippen molar-refractivity contribution >= 4 is 17.2 Å². The molecule has 3 aliphatic rings. The van der Waals surface area contributed by atoms with Gasteiger partial charge in [0, 0.05) is 45.8 Å². The number of hydrogen-bond acceptors (Lipinski definition) is 5. The maximum Gasteiger partial charge on any atom is 0.153 e. The molecule has 0 amide bonds.